The molecule has 0 heterocycles. The van der Waals surface area contributed by atoms with Gasteiger partial charge in [0.1, 0.15) is 12.2 Å². The highest BCUT2D eigenvalue weighted by atomic mass is 16.6. The van der Waals surface area contributed by atoms with Crippen LogP contribution in [0.4, 0.5) is 4.79 Å². The maximum absolute atomic E-state index is 12.8. The summed E-state index contributed by atoms with van der Waals surface area (Å²) in [4.78, 5) is 25.5. The van der Waals surface area contributed by atoms with Gasteiger partial charge >= 0.3 is 12.1 Å². The van der Waals surface area contributed by atoms with Crippen LogP contribution in [0.25, 0.3) is 11.1 Å². The molecular weight excluding hydrogens is 402 g/mol. The minimum atomic E-state index is -0.953. The largest absolute Gasteiger partial charge is 0.458 e. The summed E-state index contributed by atoms with van der Waals surface area (Å²) < 4.78 is 11.1. The zero-order valence-corrected chi connectivity index (χ0v) is 18.5. The Bertz CT molecular complexity index is 1070. The molecule has 0 fully saturated rings. The molecule has 1 N–H and O–H groups in total. The van der Waals surface area contributed by atoms with Gasteiger partial charge in [0.15, 0.2) is 6.04 Å². The first kappa shape index (κ1) is 21.6. The minimum absolute atomic E-state index is 0.0511. The number of amides is 1. The van der Waals surface area contributed by atoms with E-state index in [1.807, 2.05) is 42.5 Å². The van der Waals surface area contributed by atoms with Gasteiger partial charge in [0, 0.05) is 5.92 Å². The topological polar surface area (TPSA) is 64.6 Å². The molecular formula is C27H27NO4. The maximum atomic E-state index is 12.8. The van der Waals surface area contributed by atoms with Crippen LogP contribution >= 0.6 is 0 Å². The van der Waals surface area contributed by atoms with Crippen LogP contribution in [-0.2, 0) is 14.3 Å². The first-order valence-corrected chi connectivity index (χ1v) is 10.7. The minimum Gasteiger partial charge on any atom is -0.458 e. The lowest BCUT2D eigenvalue weighted by Gasteiger charge is -2.25. The molecule has 5 nitrogen and oxygen atoms in total. The lowest BCUT2D eigenvalue weighted by atomic mass is 9.98. The van der Waals surface area contributed by atoms with Crippen LogP contribution in [-0.4, -0.2) is 24.3 Å². The molecule has 164 valence electrons. The van der Waals surface area contributed by atoms with Crippen LogP contribution in [0.1, 0.15) is 49.4 Å². The van der Waals surface area contributed by atoms with Crippen molar-refractivity contribution in [2.24, 2.45) is 0 Å². The Morgan fingerprint density at radius 3 is 1.94 bits per heavy atom. The fraction of sp³-hybridized carbons (Fsp3) is 0.259. The van der Waals surface area contributed by atoms with E-state index in [9.17, 15) is 9.59 Å². The molecule has 1 aliphatic rings. The van der Waals surface area contributed by atoms with Crippen molar-refractivity contribution in [2.75, 3.05) is 6.61 Å². The van der Waals surface area contributed by atoms with Gasteiger partial charge in [-0.15, -0.1) is 0 Å². The van der Waals surface area contributed by atoms with Crippen LogP contribution in [0, 0.1) is 0 Å². The third-order valence-electron chi connectivity index (χ3n) is 5.38. The Kier molecular flexibility index (Phi) is 5.99. The molecule has 1 aliphatic carbocycles. The third kappa shape index (κ3) is 4.67. The predicted molar refractivity (Wildman–Crippen MR) is 123 cm³/mol. The number of hydrogen-bond acceptors (Lipinski definition) is 4. The molecule has 3 aromatic rings. The lowest BCUT2D eigenvalue weighted by molar-refractivity contribution is -0.157. The van der Waals surface area contributed by atoms with E-state index in [0.29, 0.717) is 5.56 Å². The molecule has 3 aromatic carbocycles. The Balaban J connectivity index is 1.49. The smallest absolute Gasteiger partial charge is 0.408 e. The molecule has 1 atom stereocenters. The standard InChI is InChI=1S/C27H27NO4/c1-27(2,3)32-25(29)24(18-11-5-4-6-12-18)28-26(30)31-17-23-21-15-9-7-13-19(21)20-14-8-10-16-22(20)23/h4-16,23-24H,17H2,1-3H3,(H,28,30)/t24-/m0/s1. The molecule has 5 heteroatoms. The first-order valence-electron chi connectivity index (χ1n) is 10.7. The van der Waals surface area contributed by atoms with Crippen molar-refractivity contribution in [2.45, 2.75) is 38.3 Å². The van der Waals surface area contributed by atoms with E-state index in [2.05, 4.69) is 29.6 Å². The van der Waals surface area contributed by atoms with E-state index < -0.39 is 23.7 Å². The van der Waals surface area contributed by atoms with E-state index in [-0.39, 0.29) is 12.5 Å². The van der Waals surface area contributed by atoms with Gasteiger partial charge in [-0.1, -0.05) is 78.9 Å². The molecule has 1 amide bonds. The van der Waals surface area contributed by atoms with Gasteiger partial charge in [-0.3, -0.25) is 0 Å². The Morgan fingerprint density at radius 2 is 1.38 bits per heavy atom. The van der Waals surface area contributed by atoms with Crippen molar-refractivity contribution in [1.29, 1.82) is 0 Å². The SMILES string of the molecule is CC(C)(C)OC(=O)[C@@H](NC(=O)OCC1c2ccccc2-c2ccccc21)c1ccccc1. The van der Waals surface area contributed by atoms with Gasteiger partial charge in [0.2, 0.25) is 0 Å². The van der Waals surface area contributed by atoms with Crippen molar-refractivity contribution < 1.29 is 19.1 Å². The van der Waals surface area contributed by atoms with Gasteiger partial charge in [-0.25, -0.2) is 9.59 Å². The Hall–Kier alpha value is -3.60. The molecule has 0 aromatic heterocycles. The second kappa shape index (κ2) is 8.87. The average molecular weight is 430 g/mol. The van der Waals surface area contributed by atoms with Crippen LogP contribution in [0.15, 0.2) is 78.9 Å². The van der Waals surface area contributed by atoms with Crippen LogP contribution in [0.3, 0.4) is 0 Å². The van der Waals surface area contributed by atoms with E-state index in [1.165, 1.54) is 0 Å². The summed E-state index contributed by atoms with van der Waals surface area (Å²) in [5, 5.41) is 2.69. The Morgan fingerprint density at radius 1 is 0.844 bits per heavy atom. The van der Waals surface area contributed by atoms with Crippen molar-refractivity contribution in [3.8, 4) is 11.1 Å². The van der Waals surface area contributed by atoms with Crippen molar-refractivity contribution >= 4 is 12.1 Å². The van der Waals surface area contributed by atoms with E-state index >= 15 is 0 Å². The number of fused-ring (bicyclic) bond motifs is 3. The number of nitrogens with one attached hydrogen (secondary N) is 1. The number of esters is 1. The number of rotatable bonds is 5. The first-order chi connectivity index (χ1) is 15.3. The number of ether oxygens (including phenoxy) is 2. The van der Waals surface area contributed by atoms with Crippen molar-refractivity contribution in [3.05, 3.63) is 95.6 Å². The van der Waals surface area contributed by atoms with Crippen LogP contribution < -0.4 is 5.32 Å². The van der Waals surface area contributed by atoms with E-state index in [4.69, 9.17) is 9.47 Å². The molecule has 0 radical (unpaired) electrons. The van der Waals surface area contributed by atoms with Gasteiger partial charge in [-0.2, -0.15) is 0 Å². The van der Waals surface area contributed by atoms with Crippen LogP contribution in [0.5, 0.6) is 0 Å². The summed E-state index contributed by atoms with van der Waals surface area (Å²) in [7, 11) is 0. The van der Waals surface area contributed by atoms with Crippen molar-refractivity contribution in [3.63, 3.8) is 0 Å². The fourth-order valence-electron chi connectivity index (χ4n) is 4.04. The highest BCUT2D eigenvalue weighted by Crippen LogP contribution is 2.44. The summed E-state index contributed by atoms with van der Waals surface area (Å²) in [5.41, 5.74) is 4.55. The summed E-state index contributed by atoms with van der Waals surface area (Å²) in [6.07, 6.45) is -0.661. The normalized spacial score (nSPS) is 13.6. The van der Waals surface area contributed by atoms with E-state index in [0.717, 1.165) is 22.3 Å². The van der Waals surface area contributed by atoms with Gasteiger partial charge < -0.3 is 14.8 Å². The molecule has 0 spiro atoms. The zero-order chi connectivity index (χ0) is 22.7. The van der Waals surface area contributed by atoms with Crippen molar-refractivity contribution in [1.82, 2.24) is 5.32 Å². The number of carbonyl (C=O) groups is 2. The van der Waals surface area contributed by atoms with Crippen LogP contribution in [0.2, 0.25) is 0 Å². The highest BCUT2D eigenvalue weighted by molar-refractivity contribution is 5.83. The lowest BCUT2D eigenvalue weighted by Crippen LogP contribution is -2.38. The number of alkyl carbamates (subject to hydrolysis) is 1. The number of carbonyl (C=O) groups excluding carboxylic acids is 2. The summed E-state index contributed by atoms with van der Waals surface area (Å²) in [5.74, 6) is -0.581. The summed E-state index contributed by atoms with van der Waals surface area (Å²) in [6, 6.07) is 24.4. The molecule has 0 saturated carbocycles. The van der Waals surface area contributed by atoms with Gasteiger partial charge in [-0.05, 0) is 48.6 Å². The number of benzene rings is 3. The number of hydrogen-bond donors (Lipinski definition) is 1. The zero-order valence-electron chi connectivity index (χ0n) is 18.5. The molecule has 0 unspecified atom stereocenters. The molecule has 0 saturated heterocycles. The van der Waals surface area contributed by atoms with Gasteiger partial charge in [0.25, 0.3) is 0 Å². The second-order valence-corrected chi connectivity index (χ2v) is 8.85. The monoisotopic (exact) mass is 429 g/mol. The van der Waals surface area contributed by atoms with Gasteiger partial charge in [0.05, 0.1) is 0 Å². The quantitative estimate of drug-likeness (QED) is 0.536. The summed E-state index contributed by atoms with van der Waals surface area (Å²) >= 11 is 0. The molecule has 0 aliphatic heterocycles. The highest BCUT2D eigenvalue weighted by Gasteiger charge is 2.31. The fourth-order valence-corrected chi connectivity index (χ4v) is 4.04. The average Bonchev–Trinajstić information content (AvgIpc) is 3.09. The maximum Gasteiger partial charge on any atom is 0.408 e. The summed E-state index contributed by atoms with van der Waals surface area (Å²) in [6.45, 7) is 5.55. The Labute approximate surface area is 188 Å². The second-order valence-electron chi connectivity index (χ2n) is 8.85. The molecule has 0 bridgehead atoms. The third-order valence-corrected chi connectivity index (χ3v) is 5.38. The molecule has 4 rings (SSSR count). The predicted octanol–water partition coefficient (Wildman–Crippen LogP) is 5.61. The molecule has 32 heavy (non-hydrogen) atoms. The van der Waals surface area contributed by atoms with E-state index in [1.54, 1.807) is 32.9 Å².